The topological polar surface area (TPSA) is 49.3 Å². The summed E-state index contributed by atoms with van der Waals surface area (Å²) in [5, 5.41) is 12.4. The Bertz CT molecular complexity index is 435. The minimum atomic E-state index is -0.281. The molecular weight excluding hydrogens is 318 g/mol. The summed E-state index contributed by atoms with van der Waals surface area (Å²) in [5.74, 6) is 0.257. The lowest BCUT2D eigenvalue weighted by Crippen LogP contribution is -2.34. The molecule has 1 aromatic carbocycles. The second-order valence-electron chi connectivity index (χ2n) is 4.95. The molecule has 2 N–H and O–H groups in total. The van der Waals surface area contributed by atoms with Crippen LogP contribution < -0.4 is 5.32 Å². The lowest BCUT2D eigenvalue weighted by Gasteiger charge is -2.23. The van der Waals surface area contributed by atoms with E-state index in [1.165, 1.54) is 6.07 Å². The second-order valence-corrected chi connectivity index (χ2v) is 6.24. The third-order valence-electron chi connectivity index (χ3n) is 2.70. The van der Waals surface area contributed by atoms with Gasteiger partial charge in [0.1, 0.15) is 5.75 Å². The summed E-state index contributed by atoms with van der Waals surface area (Å²) in [6.07, 6.45) is 0.819. The molecule has 1 aromatic rings. The van der Waals surface area contributed by atoms with Gasteiger partial charge in [0.15, 0.2) is 0 Å². The molecule has 5 heteroatoms. The first-order chi connectivity index (χ1) is 8.35. The minimum absolute atomic E-state index is 0.0224. The van der Waals surface area contributed by atoms with Crippen molar-refractivity contribution in [2.75, 3.05) is 12.4 Å². The standard InChI is InChI=1S/C13H17BrClNO2/c1-13(2,5-6-15)8-16-12(18)10-7-9(14)3-4-11(10)17/h3-4,7,17H,5-6,8H2,1-2H3,(H,16,18). The largest absolute Gasteiger partial charge is 0.507 e. The van der Waals surface area contributed by atoms with Gasteiger partial charge in [0.05, 0.1) is 5.56 Å². The van der Waals surface area contributed by atoms with Crippen molar-refractivity contribution in [2.24, 2.45) is 5.41 Å². The highest BCUT2D eigenvalue weighted by molar-refractivity contribution is 9.10. The maximum absolute atomic E-state index is 11.9. The number of carbonyl (C=O) groups excluding carboxylic acids is 1. The molecule has 3 nitrogen and oxygen atoms in total. The molecule has 0 bridgehead atoms. The Morgan fingerprint density at radius 1 is 1.50 bits per heavy atom. The maximum atomic E-state index is 11.9. The molecule has 0 atom stereocenters. The van der Waals surface area contributed by atoms with Crippen LogP contribution in [0.1, 0.15) is 30.6 Å². The predicted molar refractivity (Wildman–Crippen MR) is 77.3 cm³/mol. The van der Waals surface area contributed by atoms with Gasteiger partial charge >= 0.3 is 0 Å². The summed E-state index contributed by atoms with van der Waals surface area (Å²) in [6.45, 7) is 4.59. The SMILES string of the molecule is CC(C)(CCCl)CNC(=O)c1cc(Br)ccc1O. The van der Waals surface area contributed by atoms with Gasteiger partial charge in [-0.25, -0.2) is 0 Å². The Morgan fingerprint density at radius 2 is 2.17 bits per heavy atom. The van der Waals surface area contributed by atoms with Gasteiger partial charge in [-0.1, -0.05) is 29.8 Å². The van der Waals surface area contributed by atoms with Gasteiger partial charge in [0, 0.05) is 16.9 Å². The first kappa shape index (κ1) is 15.3. The molecule has 1 amide bonds. The molecule has 0 unspecified atom stereocenters. The number of alkyl halides is 1. The normalized spacial score (nSPS) is 11.3. The first-order valence-electron chi connectivity index (χ1n) is 5.68. The van der Waals surface area contributed by atoms with Crippen molar-refractivity contribution in [1.82, 2.24) is 5.32 Å². The van der Waals surface area contributed by atoms with E-state index < -0.39 is 0 Å². The molecule has 0 aromatic heterocycles. The predicted octanol–water partition coefficient (Wildman–Crippen LogP) is 3.54. The van der Waals surface area contributed by atoms with Crippen LogP contribution >= 0.6 is 27.5 Å². The van der Waals surface area contributed by atoms with Gasteiger partial charge in [-0.3, -0.25) is 4.79 Å². The van der Waals surface area contributed by atoms with E-state index >= 15 is 0 Å². The van der Waals surface area contributed by atoms with Crippen molar-refractivity contribution in [1.29, 1.82) is 0 Å². The highest BCUT2D eigenvalue weighted by Gasteiger charge is 2.19. The second kappa shape index (κ2) is 6.43. The summed E-state index contributed by atoms with van der Waals surface area (Å²) in [5.41, 5.74) is 0.213. The van der Waals surface area contributed by atoms with Gasteiger partial charge in [0.2, 0.25) is 0 Å². The monoisotopic (exact) mass is 333 g/mol. The fourth-order valence-electron chi connectivity index (χ4n) is 1.45. The van der Waals surface area contributed by atoms with Crippen LogP contribution in [0.4, 0.5) is 0 Å². The summed E-state index contributed by atoms with van der Waals surface area (Å²) in [4.78, 5) is 11.9. The Balaban J connectivity index is 2.69. The van der Waals surface area contributed by atoms with E-state index in [0.29, 0.717) is 12.4 Å². The van der Waals surface area contributed by atoms with Crippen LogP contribution in [0, 0.1) is 5.41 Å². The fraction of sp³-hybridized carbons (Fsp3) is 0.462. The van der Waals surface area contributed by atoms with Crippen LogP contribution in [0.5, 0.6) is 5.75 Å². The maximum Gasteiger partial charge on any atom is 0.255 e. The smallest absolute Gasteiger partial charge is 0.255 e. The molecule has 0 radical (unpaired) electrons. The van der Waals surface area contributed by atoms with Crippen LogP contribution in [-0.4, -0.2) is 23.4 Å². The van der Waals surface area contributed by atoms with E-state index in [-0.39, 0.29) is 22.6 Å². The lowest BCUT2D eigenvalue weighted by molar-refractivity contribution is 0.0933. The molecule has 0 aliphatic rings. The number of benzene rings is 1. The number of phenolic OH excluding ortho intramolecular Hbond substituents is 1. The van der Waals surface area contributed by atoms with Crippen molar-refractivity contribution < 1.29 is 9.90 Å². The van der Waals surface area contributed by atoms with Crippen LogP contribution in [0.3, 0.4) is 0 Å². The summed E-state index contributed by atoms with van der Waals surface area (Å²) >= 11 is 8.98. The Labute approximate surface area is 121 Å². The van der Waals surface area contributed by atoms with E-state index in [0.717, 1.165) is 10.9 Å². The lowest BCUT2D eigenvalue weighted by atomic mass is 9.90. The number of carbonyl (C=O) groups is 1. The van der Waals surface area contributed by atoms with Crippen molar-refractivity contribution in [2.45, 2.75) is 20.3 Å². The van der Waals surface area contributed by atoms with E-state index in [1.807, 2.05) is 13.8 Å². The van der Waals surface area contributed by atoms with Crippen LogP contribution in [-0.2, 0) is 0 Å². The van der Waals surface area contributed by atoms with Crippen LogP contribution in [0.15, 0.2) is 22.7 Å². The van der Waals surface area contributed by atoms with Gasteiger partial charge in [-0.15, -0.1) is 11.6 Å². The summed E-state index contributed by atoms with van der Waals surface area (Å²) in [7, 11) is 0. The minimum Gasteiger partial charge on any atom is -0.507 e. The zero-order valence-electron chi connectivity index (χ0n) is 10.5. The van der Waals surface area contributed by atoms with Gasteiger partial charge in [0.25, 0.3) is 5.91 Å². The third kappa shape index (κ3) is 4.50. The highest BCUT2D eigenvalue weighted by Crippen LogP contribution is 2.23. The number of hydrogen-bond donors (Lipinski definition) is 2. The quantitative estimate of drug-likeness (QED) is 0.809. The number of halogens is 2. The Kier molecular flexibility index (Phi) is 5.47. The molecule has 1 rings (SSSR count). The van der Waals surface area contributed by atoms with Gasteiger partial charge in [-0.05, 0) is 30.0 Å². The Morgan fingerprint density at radius 3 is 2.78 bits per heavy atom. The van der Waals surface area contributed by atoms with Crippen LogP contribution in [0.2, 0.25) is 0 Å². The molecule has 0 aliphatic carbocycles. The molecule has 0 saturated carbocycles. The number of hydrogen-bond acceptors (Lipinski definition) is 2. The van der Waals surface area contributed by atoms with Crippen molar-refractivity contribution in [3.05, 3.63) is 28.2 Å². The Hall–Kier alpha value is -0.740. The summed E-state index contributed by atoms with van der Waals surface area (Å²) < 4.78 is 0.755. The number of amides is 1. The van der Waals surface area contributed by atoms with Crippen molar-refractivity contribution >= 4 is 33.4 Å². The van der Waals surface area contributed by atoms with E-state index in [2.05, 4.69) is 21.2 Å². The van der Waals surface area contributed by atoms with E-state index in [1.54, 1.807) is 12.1 Å². The average molecular weight is 335 g/mol. The van der Waals surface area contributed by atoms with Gasteiger partial charge in [-0.2, -0.15) is 0 Å². The number of nitrogens with one attached hydrogen (secondary N) is 1. The molecule has 18 heavy (non-hydrogen) atoms. The fourth-order valence-corrected chi connectivity index (χ4v) is 2.32. The molecule has 0 fully saturated rings. The van der Waals surface area contributed by atoms with E-state index in [9.17, 15) is 9.90 Å². The van der Waals surface area contributed by atoms with Crippen molar-refractivity contribution in [3.8, 4) is 5.75 Å². The molecule has 100 valence electrons. The molecule has 0 aliphatic heterocycles. The molecule has 0 heterocycles. The third-order valence-corrected chi connectivity index (χ3v) is 3.38. The van der Waals surface area contributed by atoms with Crippen LogP contribution in [0.25, 0.3) is 0 Å². The van der Waals surface area contributed by atoms with Crippen molar-refractivity contribution in [3.63, 3.8) is 0 Å². The zero-order chi connectivity index (χ0) is 13.8. The molecular formula is C13H17BrClNO2. The number of aromatic hydroxyl groups is 1. The molecule has 0 saturated heterocycles. The highest BCUT2D eigenvalue weighted by atomic mass is 79.9. The summed E-state index contributed by atoms with van der Waals surface area (Å²) in [6, 6.07) is 4.77. The number of rotatable bonds is 5. The zero-order valence-corrected chi connectivity index (χ0v) is 12.8. The average Bonchev–Trinajstić information content (AvgIpc) is 2.29. The number of phenols is 1. The van der Waals surface area contributed by atoms with Gasteiger partial charge < -0.3 is 10.4 Å². The molecule has 0 spiro atoms. The first-order valence-corrected chi connectivity index (χ1v) is 7.01. The van der Waals surface area contributed by atoms with E-state index in [4.69, 9.17) is 11.6 Å².